The van der Waals surface area contributed by atoms with E-state index in [0.29, 0.717) is 9.79 Å². The van der Waals surface area contributed by atoms with Crippen molar-refractivity contribution in [3.8, 4) is 11.5 Å². The molecule has 0 atom stereocenters. The van der Waals surface area contributed by atoms with Crippen molar-refractivity contribution in [2.45, 2.75) is 20.3 Å². The lowest BCUT2D eigenvalue weighted by atomic mass is 10.3. The summed E-state index contributed by atoms with van der Waals surface area (Å²) in [5.74, 6) is -0.766. The Morgan fingerprint density at radius 1 is 0.781 bits per heavy atom. The Kier molecular flexibility index (Phi) is 8.04. The molecule has 0 spiro atoms. The minimum atomic E-state index is -5.38. The highest BCUT2D eigenvalue weighted by Gasteiger charge is 2.48. The molecule has 0 amide bonds. The van der Waals surface area contributed by atoms with Crippen LogP contribution in [0.25, 0.3) is 0 Å². The van der Waals surface area contributed by atoms with Crippen LogP contribution in [0.2, 0.25) is 0 Å². The molecule has 2 rings (SSSR count). The van der Waals surface area contributed by atoms with Crippen molar-refractivity contribution in [1.29, 1.82) is 0 Å². The van der Waals surface area contributed by atoms with E-state index in [0.717, 1.165) is 43.1 Å². The van der Waals surface area contributed by atoms with Crippen LogP contribution in [0.15, 0.2) is 58.3 Å². The quantitative estimate of drug-likeness (QED) is 0.352. The van der Waals surface area contributed by atoms with Gasteiger partial charge in [0.1, 0.15) is 24.7 Å². The van der Waals surface area contributed by atoms with Crippen LogP contribution in [-0.2, 0) is 25.0 Å². The molecule has 2 aromatic rings. The Morgan fingerprint density at radius 3 is 1.50 bits per heavy atom. The smallest absolute Gasteiger partial charge is 0.389 e. The van der Waals surface area contributed by atoms with Crippen molar-refractivity contribution in [2.75, 3.05) is 20.3 Å². The molecule has 1 N–H and O–H groups in total. The Hall–Kier alpha value is -2.07. The van der Waals surface area contributed by atoms with Gasteiger partial charge in [-0.15, -0.1) is 0 Å². The molecule has 0 fully saturated rings. The Balaban J connectivity index is 2.05. The third kappa shape index (κ3) is 6.25. The Labute approximate surface area is 185 Å². The maximum absolute atomic E-state index is 13.5. The van der Waals surface area contributed by atoms with Gasteiger partial charge in [0.05, 0.1) is 0 Å². The van der Waals surface area contributed by atoms with Crippen LogP contribution in [0.3, 0.4) is 0 Å². The topological polar surface area (TPSA) is 116 Å². The first kappa shape index (κ1) is 26.2. The first-order chi connectivity index (χ1) is 14.7. The average molecular weight is 521 g/mol. The van der Waals surface area contributed by atoms with Crippen LogP contribution in [0, 0.1) is 0 Å². The van der Waals surface area contributed by atoms with E-state index in [1.54, 1.807) is 0 Å². The fourth-order valence-electron chi connectivity index (χ4n) is 1.96. The number of hydrogen-bond donors (Lipinski definition) is 1. The number of halogens is 4. The molecule has 32 heavy (non-hydrogen) atoms. The standard InChI is InChI=1S/C17H16F4O8S3/c1-27-11-17(20,21)32(25,26)29-13-4-8-15(9-5-13)30-14-6-2-12(3-7-14)28-31(23,24)16(18,19)10-22/h2-9,22H,10-11H2,1H3. The zero-order chi connectivity index (χ0) is 24.2. The molecule has 0 heterocycles. The van der Waals surface area contributed by atoms with Crippen LogP contribution in [0.4, 0.5) is 17.6 Å². The summed E-state index contributed by atoms with van der Waals surface area (Å²) in [4.78, 5) is 1.03. The summed E-state index contributed by atoms with van der Waals surface area (Å²) in [6, 6.07) is 9.96. The van der Waals surface area contributed by atoms with Gasteiger partial charge in [-0.2, -0.15) is 34.4 Å². The maximum atomic E-state index is 13.5. The van der Waals surface area contributed by atoms with E-state index in [4.69, 9.17) is 5.11 Å². The third-order valence-corrected chi connectivity index (χ3v) is 7.07. The van der Waals surface area contributed by atoms with E-state index < -0.39 is 49.7 Å². The van der Waals surface area contributed by atoms with E-state index in [9.17, 15) is 34.4 Å². The summed E-state index contributed by atoms with van der Waals surface area (Å²) in [5, 5.41) is -0.245. The lowest BCUT2D eigenvalue weighted by Gasteiger charge is -2.16. The zero-order valence-electron chi connectivity index (χ0n) is 16.1. The monoisotopic (exact) mass is 520 g/mol. The molecule has 0 aliphatic carbocycles. The second-order valence-corrected chi connectivity index (χ2v) is 10.5. The summed E-state index contributed by atoms with van der Waals surface area (Å²) in [7, 11) is -9.75. The largest absolute Gasteiger partial charge is 0.402 e. The van der Waals surface area contributed by atoms with E-state index in [2.05, 4.69) is 13.1 Å². The summed E-state index contributed by atoms with van der Waals surface area (Å²) in [5.41, 5.74) is 0. The van der Waals surface area contributed by atoms with E-state index in [-0.39, 0.29) is 5.75 Å². The van der Waals surface area contributed by atoms with Crippen LogP contribution in [-0.4, -0.2) is 52.8 Å². The highest BCUT2D eigenvalue weighted by molar-refractivity contribution is 7.99. The molecule has 0 bridgehead atoms. The molecule has 0 aliphatic heterocycles. The molecule has 0 saturated heterocycles. The molecule has 15 heteroatoms. The second kappa shape index (κ2) is 9.82. The highest BCUT2D eigenvalue weighted by atomic mass is 32.2. The van der Waals surface area contributed by atoms with Crippen molar-refractivity contribution in [3.63, 3.8) is 0 Å². The van der Waals surface area contributed by atoms with Gasteiger partial charge in [-0.05, 0) is 48.5 Å². The van der Waals surface area contributed by atoms with Crippen LogP contribution >= 0.6 is 11.8 Å². The lowest BCUT2D eigenvalue weighted by molar-refractivity contribution is -0.000751. The summed E-state index contributed by atoms with van der Waals surface area (Å²) >= 11 is 1.10. The minimum absolute atomic E-state index is 0.358. The highest BCUT2D eigenvalue weighted by Crippen LogP contribution is 2.33. The Morgan fingerprint density at radius 2 is 1.16 bits per heavy atom. The van der Waals surface area contributed by atoms with E-state index in [1.165, 1.54) is 24.3 Å². The molecule has 0 aliphatic rings. The van der Waals surface area contributed by atoms with Crippen molar-refractivity contribution in [1.82, 2.24) is 0 Å². The minimum Gasteiger partial charge on any atom is -0.389 e. The van der Waals surface area contributed by atoms with Crippen LogP contribution < -0.4 is 8.37 Å². The number of alkyl halides is 4. The number of ether oxygens (including phenoxy) is 1. The number of methoxy groups -OCH3 is 1. The summed E-state index contributed by atoms with van der Waals surface area (Å²) in [6.07, 6.45) is 0. The SMILES string of the molecule is COCC(F)(F)S(=O)(=O)Oc1ccc(Sc2ccc(OS(=O)(=O)C(F)(F)CO)cc2)cc1. The van der Waals surface area contributed by atoms with Gasteiger partial charge in [0.25, 0.3) is 0 Å². The van der Waals surface area contributed by atoms with Crippen molar-refractivity contribution in [3.05, 3.63) is 48.5 Å². The van der Waals surface area contributed by atoms with Crippen LogP contribution in [0.5, 0.6) is 11.5 Å². The third-order valence-electron chi connectivity index (χ3n) is 3.52. The van der Waals surface area contributed by atoms with Crippen molar-refractivity contribution in [2.24, 2.45) is 0 Å². The number of benzene rings is 2. The Bertz CT molecular complexity index is 1120. The molecular formula is C17H16F4O8S3. The fourth-order valence-corrected chi connectivity index (χ4v) is 4.17. The van der Waals surface area contributed by atoms with Gasteiger partial charge in [0.15, 0.2) is 0 Å². The summed E-state index contributed by atoms with van der Waals surface area (Å²) in [6.45, 7) is -3.31. The van der Waals surface area contributed by atoms with Gasteiger partial charge in [0.2, 0.25) is 0 Å². The maximum Gasteiger partial charge on any atom is 0.402 e. The number of aliphatic hydroxyl groups is 1. The van der Waals surface area contributed by atoms with Gasteiger partial charge < -0.3 is 18.2 Å². The zero-order valence-corrected chi connectivity index (χ0v) is 18.5. The van der Waals surface area contributed by atoms with E-state index in [1.807, 2.05) is 0 Å². The molecule has 0 saturated carbocycles. The molecule has 2 aromatic carbocycles. The number of hydrogen-bond acceptors (Lipinski definition) is 9. The average Bonchev–Trinajstić information content (AvgIpc) is 2.70. The van der Waals surface area contributed by atoms with Gasteiger partial charge in [-0.1, -0.05) is 11.8 Å². The first-order valence-electron chi connectivity index (χ1n) is 8.34. The number of aliphatic hydroxyl groups excluding tert-OH is 1. The number of rotatable bonds is 11. The summed E-state index contributed by atoms with van der Waals surface area (Å²) < 4.78 is 112. The predicted octanol–water partition coefficient (Wildman–Crippen LogP) is 3.08. The molecule has 8 nitrogen and oxygen atoms in total. The molecule has 0 radical (unpaired) electrons. The van der Waals surface area contributed by atoms with E-state index >= 15 is 0 Å². The van der Waals surface area contributed by atoms with Gasteiger partial charge in [-0.3, -0.25) is 0 Å². The first-order valence-corrected chi connectivity index (χ1v) is 12.0. The lowest BCUT2D eigenvalue weighted by Crippen LogP contribution is -2.37. The van der Waals surface area contributed by atoms with Gasteiger partial charge in [0, 0.05) is 16.9 Å². The fraction of sp³-hybridized carbons (Fsp3) is 0.294. The molecule has 178 valence electrons. The predicted molar refractivity (Wildman–Crippen MR) is 105 cm³/mol. The van der Waals surface area contributed by atoms with Crippen molar-refractivity contribution < 1.29 is 52.6 Å². The molecular weight excluding hydrogens is 504 g/mol. The van der Waals surface area contributed by atoms with Gasteiger partial charge >= 0.3 is 30.7 Å². The molecule has 0 aromatic heterocycles. The normalized spacial score (nSPS) is 13.1. The molecule has 0 unspecified atom stereocenters. The van der Waals surface area contributed by atoms with Crippen molar-refractivity contribution >= 4 is 32.0 Å². The van der Waals surface area contributed by atoms with Gasteiger partial charge in [-0.25, -0.2) is 0 Å². The second-order valence-electron chi connectivity index (χ2n) is 5.99. The van der Waals surface area contributed by atoms with Crippen LogP contribution in [0.1, 0.15) is 0 Å².